The van der Waals surface area contributed by atoms with Crippen molar-refractivity contribution < 1.29 is 0 Å². The highest BCUT2D eigenvalue weighted by molar-refractivity contribution is 8.06. The van der Waals surface area contributed by atoms with Gasteiger partial charge in [0, 0.05) is 46.0 Å². The van der Waals surface area contributed by atoms with Crippen molar-refractivity contribution in [2.24, 2.45) is 0 Å². The number of nitrogens with zero attached hydrogens (tertiary/aromatic N) is 2. The number of aromatic nitrogens is 2. The van der Waals surface area contributed by atoms with Crippen molar-refractivity contribution in [2.45, 2.75) is 31.4 Å². The van der Waals surface area contributed by atoms with Gasteiger partial charge in [0.1, 0.15) is 5.82 Å². The van der Waals surface area contributed by atoms with E-state index in [2.05, 4.69) is 59.0 Å². The molecule has 1 aliphatic heterocycles. The van der Waals surface area contributed by atoms with E-state index in [0.29, 0.717) is 0 Å². The molecule has 0 saturated carbocycles. The topological polar surface area (TPSA) is 37.8 Å². The van der Waals surface area contributed by atoms with Crippen molar-refractivity contribution in [3.63, 3.8) is 0 Å². The second-order valence-corrected chi connectivity index (χ2v) is 8.43. The van der Waals surface area contributed by atoms with Crippen molar-refractivity contribution in [3.8, 4) is 0 Å². The van der Waals surface area contributed by atoms with E-state index >= 15 is 0 Å². The highest BCUT2D eigenvalue weighted by Crippen LogP contribution is 2.26. The number of nitrogens with one attached hydrogen (secondary N) is 1. The van der Waals surface area contributed by atoms with Crippen LogP contribution in [0.1, 0.15) is 26.6 Å². The van der Waals surface area contributed by atoms with Crippen molar-refractivity contribution >= 4 is 40.2 Å². The fourth-order valence-corrected chi connectivity index (χ4v) is 4.83. The average Bonchev–Trinajstić information content (AvgIpc) is 2.76. The monoisotopic (exact) mass is 289 g/mol. The minimum atomic E-state index is 0.0475. The maximum atomic E-state index is 4.55. The Bertz CT molecular complexity index is 353. The van der Waals surface area contributed by atoms with Gasteiger partial charge in [0.05, 0.1) is 0 Å². The lowest BCUT2D eigenvalue weighted by atomic mass is 9.96. The summed E-state index contributed by atoms with van der Waals surface area (Å²) >= 11 is 5.60. The lowest BCUT2D eigenvalue weighted by Gasteiger charge is -2.20. The minimum absolute atomic E-state index is 0.0475. The molecule has 1 saturated heterocycles. The molecule has 0 spiro atoms. The predicted molar refractivity (Wildman–Crippen MR) is 80.7 cm³/mol. The number of thioether (sulfide) groups is 2. The summed E-state index contributed by atoms with van der Waals surface area (Å²) < 4.78 is 4.41. The van der Waals surface area contributed by atoms with E-state index in [9.17, 15) is 0 Å². The Hall–Kier alpha value is 0.0600. The summed E-state index contributed by atoms with van der Waals surface area (Å²) in [7, 11) is 0. The fourth-order valence-electron chi connectivity index (χ4n) is 1.46. The van der Waals surface area contributed by atoms with E-state index in [0.717, 1.165) is 22.8 Å². The number of rotatable bonds is 3. The van der Waals surface area contributed by atoms with Gasteiger partial charge in [0.2, 0.25) is 5.13 Å². The van der Waals surface area contributed by atoms with Gasteiger partial charge in [-0.15, -0.1) is 0 Å². The Balaban J connectivity index is 1.84. The zero-order valence-electron chi connectivity index (χ0n) is 10.5. The first-order valence-electron chi connectivity index (χ1n) is 5.83. The zero-order chi connectivity index (χ0) is 12.3. The van der Waals surface area contributed by atoms with Crippen LogP contribution < -0.4 is 5.32 Å². The molecule has 96 valence electrons. The molecule has 1 aromatic heterocycles. The molecule has 17 heavy (non-hydrogen) atoms. The quantitative estimate of drug-likeness (QED) is 0.925. The molecule has 1 N–H and O–H groups in total. The van der Waals surface area contributed by atoms with E-state index < -0.39 is 0 Å². The first-order valence-corrected chi connectivity index (χ1v) is 8.81. The molecule has 1 atom stereocenters. The molecule has 6 heteroatoms. The fraction of sp³-hybridized carbons (Fsp3) is 0.818. The molecule has 0 amide bonds. The molecule has 0 radical (unpaired) electrons. The number of anilines is 1. The molecule has 1 unspecified atom stereocenters. The highest BCUT2D eigenvalue weighted by atomic mass is 32.2. The maximum Gasteiger partial charge on any atom is 0.202 e. The van der Waals surface area contributed by atoms with E-state index in [1.165, 1.54) is 28.8 Å². The summed E-state index contributed by atoms with van der Waals surface area (Å²) in [4.78, 5) is 4.55. The number of hydrogen-bond acceptors (Lipinski definition) is 6. The molecule has 3 nitrogen and oxygen atoms in total. The van der Waals surface area contributed by atoms with Crippen molar-refractivity contribution in [1.29, 1.82) is 0 Å². The normalized spacial score (nSPS) is 21.5. The third-order valence-corrected chi connectivity index (χ3v) is 5.98. The van der Waals surface area contributed by atoms with Gasteiger partial charge >= 0.3 is 0 Å². The van der Waals surface area contributed by atoms with Crippen LogP contribution in [0.15, 0.2) is 0 Å². The lowest BCUT2D eigenvalue weighted by molar-refractivity contribution is 0.555. The van der Waals surface area contributed by atoms with Crippen LogP contribution in [0.2, 0.25) is 0 Å². The zero-order valence-corrected chi connectivity index (χ0v) is 13.0. The first-order chi connectivity index (χ1) is 8.05. The molecular formula is C11H19N3S3. The van der Waals surface area contributed by atoms with Crippen LogP contribution in [0.4, 0.5) is 5.13 Å². The molecule has 1 aliphatic rings. The van der Waals surface area contributed by atoms with Crippen LogP contribution in [0, 0.1) is 0 Å². The standard InChI is InChI=1S/C11H19N3S3/c1-11(2,3)9-13-10(17-14-9)12-6-8-7-15-4-5-16-8/h8H,4-7H2,1-3H3,(H,12,13,14). The third kappa shape index (κ3) is 4.03. The molecule has 0 aromatic carbocycles. The summed E-state index contributed by atoms with van der Waals surface area (Å²) in [5, 5.41) is 5.10. The molecular weight excluding hydrogens is 270 g/mol. The SMILES string of the molecule is CC(C)(C)c1nsc(NCC2CSCCS2)n1. The Labute approximate surface area is 116 Å². The smallest absolute Gasteiger partial charge is 0.202 e. The van der Waals surface area contributed by atoms with Crippen molar-refractivity contribution in [2.75, 3.05) is 29.1 Å². The number of hydrogen-bond donors (Lipinski definition) is 1. The Morgan fingerprint density at radius 3 is 2.76 bits per heavy atom. The van der Waals surface area contributed by atoms with Crippen LogP contribution in [-0.2, 0) is 5.41 Å². The second kappa shape index (κ2) is 5.80. The van der Waals surface area contributed by atoms with Gasteiger partial charge in [0.25, 0.3) is 0 Å². The summed E-state index contributed by atoms with van der Waals surface area (Å²) in [6.45, 7) is 7.45. The summed E-state index contributed by atoms with van der Waals surface area (Å²) in [6.07, 6.45) is 0. The van der Waals surface area contributed by atoms with Gasteiger partial charge in [-0.1, -0.05) is 20.8 Å². The Morgan fingerprint density at radius 1 is 1.35 bits per heavy atom. The third-order valence-electron chi connectivity index (χ3n) is 2.46. The average molecular weight is 289 g/mol. The van der Waals surface area contributed by atoms with Gasteiger partial charge in [-0.3, -0.25) is 0 Å². The first kappa shape index (κ1) is 13.5. The van der Waals surface area contributed by atoms with Gasteiger partial charge < -0.3 is 5.32 Å². The predicted octanol–water partition coefficient (Wildman–Crippen LogP) is 3.10. The molecule has 0 bridgehead atoms. The van der Waals surface area contributed by atoms with Crippen LogP contribution in [-0.4, -0.2) is 38.4 Å². The second-order valence-electron chi connectivity index (χ2n) is 5.12. The molecule has 1 aromatic rings. The van der Waals surface area contributed by atoms with Crippen LogP contribution >= 0.6 is 35.1 Å². The van der Waals surface area contributed by atoms with Crippen LogP contribution in [0.25, 0.3) is 0 Å². The molecule has 0 aliphatic carbocycles. The molecule has 2 heterocycles. The minimum Gasteiger partial charge on any atom is -0.359 e. The Kier molecular flexibility index (Phi) is 4.60. The lowest BCUT2D eigenvalue weighted by Crippen LogP contribution is -2.23. The van der Waals surface area contributed by atoms with Crippen molar-refractivity contribution in [3.05, 3.63) is 5.82 Å². The van der Waals surface area contributed by atoms with Crippen LogP contribution in [0.3, 0.4) is 0 Å². The summed E-state index contributed by atoms with van der Waals surface area (Å²) in [6, 6.07) is 0. The van der Waals surface area contributed by atoms with Gasteiger partial charge in [0.15, 0.2) is 0 Å². The van der Waals surface area contributed by atoms with Gasteiger partial charge in [-0.2, -0.15) is 27.9 Å². The molecule has 1 fully saturated rings. The largest absolute Gasteiger partial charge is 0.359 e. The van der Waals surface area contributed by atoms with E-state index in [1.807, 2.05) is 0 Å². The maximum absolute atomic E-state index is 4.55. The van der Waals surface area contributed by atoms with Crippen molar-refractivity contribution in [1.82, 2.24) is 9.36 Å². The van der Waals surface area contributed by atoms with Gasteiger partial charge in [-0.05, 0) is 0 Å². The Morgan fingerprint density at radius 2 is 2.18 bits per heavy atom. The van der Waals surface area contributed by atoms with Gasteiger partial charge in [-0.25, -0.2) is 4.98 Å². The van der Waals surface area contributed by atoms with E-state index in [4.69, 9.17) is 0 Å². The van der Waals surface area contributed by atoms with E-state index in [-0.39, 0.29) is 5.41 Å². The molecule has 2 rings (SSSR count). The van der Waals surface area contributed by atoms with E-state index in [1.54, 1.807) is 0 Å². The summed E-state index contributed by atoms with van der Waals surface area (Å²) in [5.41, 5.74) is 0.0475. The highest BCUT2D eigenvalue weighted by Gasteiger charge is 2.20. The van der Waals surface area contributed by atoms with Crippen LogP contribution in [0.5, 0.6) is 0 Å². The summed E-state index contributed by atoms with van der Waals surface area (Å²) in [5.74, 6) is 4.77.